The number of hydrogen-bond donors (Lipinski definition) is 1. The number of rotatable bonds is 9. The number of methoxy groups -OCH3 is 1. The lowest BCUT2D eigenvalue weighted by Gasteiger charge is -2.19. The van der Waals surface area contributed by atoms with Crippen LogP contribution in [-0.2, 0) is 18.4 Å². The Bertz CT molecular complexity index is 1280. The summed E-state index contributed by atoms with van der Waals surface area (Å²) in [5, 5.41) is 12.6. The molecule has 0 bridgehead atoms. The van der Waals surface area contributed by atoms with Crippen LogP contribution >= 0.6 is 11.8 Å². The zero-order chi connectivity index (χ0) is 24.1. The Labute approximate surface area is 203 Å². The lowest BCUT2D eigenvalue weighted by molar-refractivity contribution is -0.119. The van der Waals surface area contributed by atoms with E-state index in [9.17, 15) is 4.79 Å². The second-order valence-corrected chi connectivity index (χ2v) is 8.77. The number of amides is 1. The zero-order valence-corrected chi connectivity index (χ0v) is 20.5. The minimum absolute atomic E-state index is 0.121. The molecule has 0 aliphatic rings. The van der Waals surface area contributed by atoms with Crippen LogP contribution in [-0.4, -0.2) is 43.1 Å². The highest BCUT2D eigenvalue weighted by molar-refractivity contribution is 7.99. The number of aromatic nitrogens is 5. The minimum Gasteiger partial charge on any atom is -0.497 e. The van der Waals surface area contributed by atoms with E-state index in [2.05, 4.69) is 40.4 Å². The van der Waals surface area contributed by atoms with Crippen LogP contribution in [0.4, 0.5) is 0 Å². The van der Waals surface area contributed by atoms with Crippen molar-refractivity contribution >= 4 is 17.7 Å². The van der Waals surface area contributed by atoms with Gasteiger partial charge in [0.15, 0.2) is 11.0 Å². The molecule has 9 heteroatoms. The van der Waals surface area contributed by atoms with E-state index in [1.807, 2.05) is 64.8 Å². The molecule has 1 N–H and O–H groups in total. The molecule has 2 aromatic carbocycles. The molecule has 1 atom stereocenters. The Balaban J connectivity index is 1.52. The molecule has 0 spiro atoms. The van der Waals surface area contributed by atoms with Gasteiger partial charge >= 0.3 is 0 Å². The average Bonchev–Trinajstić information content (AvgIpc) is 3.47. The van der Waals surface area contributed by atoms with E-state index in [4.69, 9.17) is 4.74 Å². The van der Waals surface area contributed by atoms with Crippen molar-refractivity contribution in [3.63, 3.8) is 0 Å². The first-order chi connectivity index (χ1) is 16.5. The third kappa shape index (κ3) is 4.99. The van der Waals surface area contributed by atoms with Crippen LogP contribution < -0.4 is 10.1 Å². The molecule has 0 radical (unpaired) electrons. The summed E-state index contributed by atoms with van der Waals surface area (Å²) in [6.07, 6.45) is 3.58. The van der Waals surface area contributed by atoms with Crippen molar-refractivity contribution in [2.45, 2.75) is 31.6 Å². The fourth-order valence-electron chi connectivity index (χ4n) is 3.81. The summed E-state index contributed by atoms with van der Waals surface area (Å²) >= 11 is 1.37. The summed E-state index contributed by atoms with van der Waals surface area (Å²) in [5.74, 6) is 2.36. The third-order valence-electron chi connectivity index (χ3n) is 5.60. The molecule has 2 aromatic heterocycles. The SMILES string of the molecule is CCn1c(SCC(=O)NC(c2cccc(OC)c2)c2nccn2C)nnc1-c1ccccc1C. The van der Waals surface area contributed by atoms with Gasteiger partial charge in [-0.25, -0.2) is 4.98 Å². The highest BCUT2D eigenvalue weighted by Crippen LogP contribution is 2.27. The Morgan fingerprint density at radius 2 is 2.00 bits per heavy atom. The number of nitrogens with one attached hydrogen (secondary N) is 1. The van der Waals surface area contributed by atoms with Crippen molar-refractivity contribution in [1.29, 1.82) is 0 Å². The van der Waals surface area contributed by atoms with Crippen LogP contribution in [0.2, 0.25) is 0 Å². The molecule has 0 aliphatic carbocycles. The Morgan fingerprint density at radius 1 is 1.18 bits per heavy atom. The average molecular weight is 477 g/mol. The largest absolute Gasteiger partial charge is 0.497 e. The lowest BCUT2D eigenvalue weighted by atomic mass is 10.1. The van der Waals surface area contributed by atoms with Crippen molar-refractivity contribution in [3.05, 3.63) is 77.9 Å². The highest BCUT2D eigenvalue weighted by Gasteiger charge is 2.22. The molecule has 0 fully saturated rings. The van der Waals surface area contributed by atoms with Crippen LogP contribution in [0.1, 0.15) is 29.9 Å². The quantitative estimate of drug-likeness (QED) is 0.367. The van der Waals surface area contributed by atoms with Gasteiger partial charge in [0.25, 0.3) is 0 Å². The van der Waals surface area contributed by atoms with Crippen molar-refractivity contribution < 1.29 is 9.53 Å². The van der Waals surface area contributed by atoms with E-state index < -0.39 is 6.04 Å². The molecule has 0 saturated heterocycles. The van der Waals surface area contributed by atoms with Gasteiger partial charge in [0.05, 0.1) is 12.9 Å². The standard InChI is InChI=1S/C25H28N6O2S/c1-5-31-23(20-12-7-6-9-17(20)2)28-29-25(31)34-16-21(32)27-22(24-26-13-14-30(24)3)18-10-8-11-19(15-18)33-4/h6-15,22H,5,16H2,1-4H3,(H,27,32). The maximum atomic E-state index is 13.0. The van der Waals surface area contributed by atoms with Gasteiger partial charge in [-0.1, -0.05) is 48.2 Å². The Hall–Kier alpha value is -3.59. The monoisotopic (exact) mass is 476 g/mol. The maximum absolute atomic E-state index is 13.0. The van der Waals surface area contributed by atoms with Crippen LogP contribution in [0.25, 0.3) is 11.4 Å². The first-order valence-electron chi connectivity index (χ1n) is 11.0. The Morgan fingerprint density at radius 3 is 2.71 bits per heavy atom. The summed E-state index contributed by atoms with van der Waals surface area (Å²) in [5.41, 5.74) is 3.07. The van der Waals surface area contributed by atoms with E-state index in [0.29, 0.717) is 11.7 Å². The molecule has 0 saturated carbocycles. The van der Waals surface area contributed by atoms with Crippen LogP contribution in [0.15, 0.2) is 66.1 Å². The van der Waals surface area contributed by atoms with Crippen LogP contribution in [0, 0.1) is 6.92 Å². The van der Waals surface area contributed by atoms with Gasteiger partial charge < -0.3 is 19.2 Å². The summed E-state index contributed by atoms with van der Waals surface area (Å²) in [6.45, 7) is 4.82. The second-order valence-electron chi connectivity index (χ2n) is 7.83. The van der Waals surface area contributed by atoms with Gasteiger partial charge in [0.2, 0.25) is 5.91 Å². The van der Waals surface area contributed by atoms with Gasteiger partial charge in [-0.2, -0.15) is 0 Å². The number of hydrogen-bond acceptors (Lipinski definition) is 6. The fourth-order valence-corrected chi connectivity index (χ4v) is 4.62. The third-order valence-corrected chi connectivity index (χ3v) is 6.57. The normalized spacial score (nSPS) is 11.9. The molecule has 0 aliphatic heterocycles. The predicted molar refractivity (Wildman–Crippen MR) is 133 cm³/mol. The van der Waals surface area contributed by atoms with Crippen molar-refractivity contribution in [1.82, 2.24) is 29.6 Å². The smallest absolute Gasteiger partial charge is 0.231 e. The van der Waals surface area contributed by atoms with Gasteiger partial charge in [0, 0.05) is 31.5 Å². The van der Waals surface area contributed by atoms with Gasteiger partial charge in [-0.15, -0.1) is 10.2 Å². The van der Waals surface area contributed by atoms with E-state index in [1.54, 1.807) is 13.3 Å². The highest BCUT2D eigenvalue weighted by atomic mass is 32.2. The number of nitrogens with zero attached hydrogens (tertiary/aromatic N) is 5. The number of benzene rings is 2. The molecule has 1 unspecified atom stereocenters. The van der Waals surface area contributed by atoms with Crippen LogP contribution in [0.5, 0.6) is 5.75 Å². The Kier molecular flexibility index (Phi) is 7.32. The molecule has 34 heavy (non-hydrogen) atoms. The van der Waals surface area contributed by atoms with Crippen molar-refractivity contribution in [3.8, 4) is 17.1 Å². The van der Waals surface area contributed by atoms with Gasteiger partial charge in [-0.3, -0.25) is 4.79 Å². The number of thioether (sulfide) groups is 1. The van der Waals surface area contributed by atoms with E-state index in [0.717, 1.165) is 34.1 Å². The molecule has 8 nitrogen and oxygen atoms in total. The van der Waals surface area contributed by atoms with Crippen molar-refractivity contribution in [2.75, 3.05) is 12.9 Å². The fraction of sp³-hybridized carbons (Fsp3) is 0.280. The minimum atomic E-state index is -0.408. The second kappa shape index (κ2) is 10.6. The number of carbonyl (C=O) groups excluding carboxylic acids is 1. The van der Waals surface area contributed by atoms with E-state index in [1.165, 1.54) is 11.8 Å². The molecule has 1 amide bonds. The van der Waals surface area contributed by atoms with E-state index >= 15 is 0 Å². The molecule has 2 heterocycles. The first-order valence-corrected chi connectivity index (χ1v) is 12.0. The predicted octanol–water partition coefficient (Wildman–Crippen LogP) is 4.01. The molecule has 4 rings (SSSR count). The zero-order valence-electron chi connectivity index (χ0n) is 19.7. The lowest BCUT2D eigenvalue weighted by Crippen LogP contribution is -2.32. The summed E-state index contributed by atoms with van der Waals surface area (Å²) in [4.78, 5) is 17.5. The summed E-state index contributed by atoms with van der Waals surface area (Å²) in [6, 6.07) is 15.3. The topological polar surface area (TPSA) is 86.9 Å². The maximum Gasteiger partial charge on any atom is 0.231 e. The first kappa shape index (κ1) is 23.6. The number of imidazole rings is 1. The molecule has 176 valence electrons. The molecular weight excluding hydrogens is 448 g/mol. The number of ether oxygens (including phenoxy) is 1. The van der Waals surface area contributed by atoms with Crippen LogP contribution in [0.3, 0.4) is 0 Å². The number of aryl methyl sites for hydroxylation is 2. The molecule has 4 aromatic rings. The van der Waals surface area contributed by atoms with E-state index in [-0.39, 0.29) is 11.7 Å². The summed E-state index contributed by atoms with van der Waals surface area (Å²) < 4.78 is 9.32. The number of carbonyl (C=O) groups is 1. The van der Waals surface area contributed by atoms with Gasteiger partial charge in [0.1, 0.15) is 17.6 Å². The molecular formula is C25H28N6O2S. The summed E-state index contributed by atoms with van der Waals surface area (Å²) in [7, 11) is 3.53. The van der Waals surface area contributed by atoms with Gasteiger partial charge in [-0.05, 0) is 37.1 Å². The van der Waals surface area contributed by atoms with Crippen molar-refractivity contribution in [2.24, 2.45) is 7.05 Å².